The van der Waals surface area contributed by atoms with Crippen LogP contribution in [0.5, 0.6) is 5.75 Å². The Hall–Kier alpha value is -2.53. The maximum atomic E-state index is 12.8. The topological polar surface area (TPSA) is 49.9 Å². The van der Waals surface area contributed by atoms with Gasteiger partial charge in [-0.15, -0.1) is 0 Å². The number of likely N-dealkylation sites (tertiary alicyclic amines) is 2. The van der Waals surface area contributed by atoms with Crippen LogP contribution in [0.15, 0.2) is 48.5 Å². The third-order valence-electron chi connectivity index (χ3n) is 6.23. The fraction of sp³-hybridized carbons (Fsp3) is 0.391. The van der Waals surface area contributed by atoms with Crippen LogP contribution < -0.4 is 4.74 Å². The van der Waals surface area contributed by atoms with Crippen molar-refractivity contribution in [2.75, 3.05) is 20.2 Å². The highest BCUT2D eigenvalue weighted by Gasteiger charge is 2.47. The first-order chi connectivity index (χ1) is 14.0. The van der Waals surface area contributed by atoms with E-state index in [0.29, 0.717) is 36.6 Å². The second kappa shape index (κ2) is 8.07. The Morgan fingerprint density at radius 2 is 1.83 bits per heavy atom. The summed E-state index contributed by atoms with van der Waals surface area (Å²) in [7, 11) is 1.65. The van der Waals surface area contributed by atoms with Gasteiger partial charge < -0.3 is 14.5 Å². The standard InChI is InChI=1S/C23H25ClN2O3/c1-29-20-7-5-17(6-8-20)16-26-21(27)9-10-23(26)11-13-25(14-12-23)22(28)18-3-2-4-19(24)15-18/h2-8,15H,9-14,16H2,1H3. The highest BCUT2D eigenvalue weighted by Crippen LogP contribution is 2.40. The number of piperidine rings is 1. The van der Waals surface area contributed by atoms with Crippen LogP contribution in [0.4, 0.5) is 0 Å². The lowest BCUT2D eigenvalue weighted by atomic mass is 9.84. The van der Waals surface area contributed by atoms with E-state index >= 15 is 0 Å². The number of benzene rings is 2. The Labute approximate surface area is 176 Å². The van der Waals surface area contributed by atoms with Crippen LogP contribution in [0.25, 0.3) is 0 Å². The molecule has 0 bridgehead atoms. The summed E-state index contributed by atoms with van der Waals surface area (Å²) in [6.45, 7) is 1.90. The fourth-order valence-corrected chi connectivity index (χ4v) is 4.68. The molecule has 29 heavy (non-hydrogen) atoms. The lowest BCUT2D eigenvalue weighted by Crippen LogP contribution is -2.53. The molecule has 0 N–H and O–H groups in total. The minimum atomic E-state index is -0.151. The smallest absolute Gasteiger partial charge is 0.253 e. The molecular weight excluding hydrogens is 388 g/mol. The van der Waals surface area contributed by atoms with Gasteiger partial charge in [-0.25, -0.2) is 0 Å². The number of rotatable bonds is 4. The molecule has 2 fully saturated rings. The number of amides is 2. The average Bonchev–Trinajstić information content (AvgIpc) is 3.04. The molecule has 6 heteroatoms. The molecule has 4 rings (SSSR count). The Balaban J connectivity index is 1.45. The van der Waals surface area contributed by atoms with Gasteiger partial charge >= 0.3 is 0 Å². The van der Waals surface area contributed by atoms with E-state index in [1.165, 1.54) is 0 Å². The summed E-state index contributed by atoms with van der Waals surface area (Å²) < 4.78 is 5.22. The average molecular weight is 413 g/mol. The largest absolute Gasteiger partial charge is 0.497 e. The quantitative estimate of drug-likeness (QED) is 0.758. The molecule has 0 aromatic heterocycles. The highest BCUT2D eigenvalue weighted by atomic mass is 35.5. The number of carbonyl (C=O) groups is 2. The molecule has 2 saturated heterocycles. The normalized spacial score (nSPS) is 18.3. The Kier molecular flexibility index (Phi) is 5.50. The van der Waals surface area contributed by atoms with E-state index in [-0.39, 0.29) is 17.4 Å². The van der Waals surface area contributed by atoms with E-state index in [9.17, 15) is 9.59 Å². The number of carbonyl (C=O) groups excluding carboxylic acids is 2. The molecule has 2 amide bonds. The van der Waals surface area contributed by atoms with Crippen molar-refractivity contribution >= 4 is 23.4 Å². The number of methoxy groups -OCH3 is 1. The van der Waals surface area contributed by atoms with Gasteiger partial charge in [0, 0.05) is 42.2 Å². The zero-order valence-corrected chi connectivity index (χ0v) is 17.3. The van der Waals surface area contributed by atoms with Crippen LogP contribution in [0, 0.1) is 0 Å². The SMILES string of the molecule is COc1ccc(CN2C(=O)CCC23CCN(C(=O)c2cccc(Cl)c2)CC3)cc1. The maximum Gasteiger partial charge on any atom is 0.253 e. The van der Waals surface area contributed by atoms with Crippen LogP contribution in [0.3, 0.4) is 0 Å². The molecule has 0 saturated carbocycles. The van der Waals surface area contributed by atoms with Crippen LogP contribution >= 0.6 is 11.6 Å². The molecule has 0 radical (unpaired) electrons. The summed E-state index contributed by atoms with van der Waals surface area (Å²) in [6.07, 6.45) is 3.06. The van der Waals surface area contributed by atoms with Crippen LogP contribution in [0.1, 0.15) is 41.6 Å². The second-order valence-corrected chi connectivity index (χ2v) is 8.29. The van der Waals surface area contributed by atoms with Gasteiger partial charge in [-0.1, -0.05) is 29.8 Å². The van der Waals surface area contributed by atoms with Gasteiger partial charge in [-0.3, -0.25) is 9.59 Å². The van der Waals surface area contributed by atoms with E-state index in [4.69, 9.17) is 16.3 Å². The number of hydrogen-bond donors (Lipinski definition) is 0. The van der Waals surface area contributed by atoms with E-state index in [0.717, 1.165) is 30.6 Å². The van der Waals surface area contributed by atoms with Crippen LogP contribution in [-0.2, 0) is 11.3 Å². The first kappa shape index (κ1) is 19.8. The molecular formula is C23H25ClN2O3. The van der Waals surface area contributed by atoms with Gasteiger partial charge in [0.05, 0.1) is 7.11 Å². The number of nitrogens with zero attached hydrogens (tertiary/aromatic N) is 2. The van der Waals surface area contributed by atoms with E-state index in [1.54, 1.807) is 31.4 Å². The molecule has 2 aromatic rings. The van der Waals surface area contributed by atoms with Crippen molar-refractivity contribution in [3.8, 4) is 5.75 Å². The van der Waals surface area contributed by atoms with Crippen molar-refractivity contribution in [1.82, 2.24) is 9.80 Å². The van der Waals surface area contributed by atoms with Crippen LogP contribution in [-0.4, -0.2) is 47.4 Å². The highest BCUT2D eigenvalue weighted by molar-refractivity contribution is 6.30. The minimum Gasteiger partial charge on any atom is -0.497 e. The van der Waals surface area contributed by atoms with Crippen molar-refractivity contribution in [3.05, 3.63) is 64.7 Å². The fourth-order valence-electron chi connectivity index (χ4n) is 4.49. The van der Waals surface area contributed by atoms with Gasteiger partial charge in [-0.05, 0) is 55.2 Å². The molecule has 0 unspecified atom stereocenters. The van der Waals surface area contributed by atoms with Crippen molar-refractivity contribution in [3.63, 3.8) is 0 Å². The summed E-state index contributed by atoms with van der Waals surface area (Å²) >= 11 is 6.03. The molecule has 0 atom stereocenters. The van der Waals surface area contributed by atoms with Crippen LogP contribution in [0.2, 0.25) is 5.02 Å². The zero-order chi connectivity index (χ0) is 20.4. The third kappa shape index (κ3) is 3.97. The molecule has 2 aliphatic rings. The zero-order valence-electron chi connectivity index (χ0n) is 16.6. The van der Waals surface area contributed by atoms with Gasteiger partial charge in [-0.2, -0.15) is 0 Å². The van der Waals surface area contributed by atoms with E-state index in [1.807, 2.05) is 34.1 Å². The maximum absolute atomic E-state index is 12.8. The molecule has 152 valence electrons. The van der Waals surface area contributed by atoms with E-state index < -0.39 is 0 Å². The molecule has 0 aliphatic carbocycles. The molecule has 1 spiro atoms. The first-order valence-electron chi connectivity index (χ1n) is 9.99. The third-order valence-corrected chi connectivity index (χ3v) is 6.47. The summed E-state index contributed by atoms with van der Waals surface area (Å²) in [6, 6.07) is 14.9. The van der Waals surface area contributed by atoms with Crippen molar-refractivity contribution in [2.45, 2.75) is 37.8 Å². The Morgan fingerprint density at radius 3 is 2.48 bits per heavy atom. The summed E-state index contributed by atoms with van der Waals surface area (Å²) in [4.78, 5) is 29.4. The Bertz CT molecular complexity index is 905. The second-order valence-electron chi connectivity index (χ2n) is 7.85. The summed E-state index contributed by atoms with van der Waals surface area (Å²) in [5.74, 6) is 1.02. The monoisotopic (exact) mass is 412 g/mol. The van der Waals surface area contributed by atoms with Gasteiger partial charge in [0.25, 0.3) is 5.91 Å². The van der Waals surface area contributed by atoms with Gasteiger partial charge in [0.15, 0.2) is 0 Å². The molecule has 2 aromatic carbocycles. The number of hydrogen-bond acceptors (Lipinski definition) is 3. The predicted octanol–water partition coefficient (Wildman–Crippen LogP) is 4.15. The van der Waals surface area contributed by atoms with Crippen molar-refractivity contribution in [2.24, 2.45) is 0 Å². The molecule has 2 heterocycles. The minimum absolute atomic E-state index is 0.00776. The van der Waals surface area contributed by atoms with Crippen molar-refractivity contribution < 1.29 is 14.3 Å². The lowest BCUT2D eigenvalue weighted by molar-refractivity contribution is -0.133. The predicted molar refractivity (Wildman–Crippen MR) is 112 cm³/mol. The van der Waals surface area contributed by atoms with E-state index in [2.05, 4.69) is 0 Å². The lowest BCUT2D eigenvalue weighted by Gasteiger charge is -2.45. The molecule has 5 nitrogen and oxygen atoms in total. The van der Waals surface area contributed by atoms with Gasteiger partial charge in [0.1, 0.15) is 5.75 Å². The number of ether oxygens (including phenoxy) is 1. The first-order valence-corrected chi connectivity index (χ1v) is 10.4. The Morgan fingerprint density at radius 1 is 1.10 bits per heavy atom. The van der Waals surface area contributed by atoms with Gasteiger partial charge in [0.2, 0.25) is 5.91 Å². The summed E-state index contributed by atoms with van der Waals surface area (Å²) in [5.41, 5.74) is 1.56. The number of halogens is 1. The summed E-state index contributed by atoms with van der Waals surface area (Å²) in [5, 5.41) is 0.566. The molecule has 2 aliphatic heterocycles. The van der Waals surface area contributed by atoms with Crippen molar-refractivity contribution in [1.29, 1.82) is 0 Å².